The molecule has 1 rings (SSSR count). The lowest BCUT2D eigenvalue weighted by atomic mass is 9.89. The molecular formula is C11H16O3. The number of aldehydes is 1. The second-order valence-corrected chi connectivity index (χ2v) is 3.83. The van der Waals surface area contributed by atoms with Crippen molar-refractivity contribution in [3.8, 4) is 0 Å². The van der Waals surface area contributed by atoms with Crippen molar-refractivity contribution >= 4 is 12.3 Å². The van der Waals surface area contributed by atoms with Crippen LogP contribution in [0.4, 0.5) is 0 Å². The van der Waals surface area contributed by atoms with Gasteiger partial charge in [0.05, 0.1) is 0 Å². The Morgan fingerprint density at radius 1 is 1.43 bits per heavy atom. The molecule has 0 amide bonds. The first-order valence-corrected chi connectivity index (χ1v) is 5.05. The zero-order valence-corrected chi connectivity index (χ0v) is 8.44. The van der Waals surface area contributed by atoms with Crippen LogP contribution < -0.4 is 0 Å². The summed E-state index contributed by atoms with van der Waals surface area (Å²) in [5, 5.41) is 0. The average Bonchev–Trinajstić information content (AvgIpc) is 2.15. The third kappa shape index (κ3) is 3.73. The minimum absolute atomic E-state index is 0.0440. The fourth-order valence-corrected chi connectivity index (χ4v) is 1.81. The van der Waals surface area contributed by atoms with Gasteiger partial charge in [-0.15, -0.1) is 0 Å². The minimum Gasteiger partial charge on any atom is -0.459 e. The minimum atomic E-state index is -0.406. The molecule has 0 aliphatic heterocycles. The Balaban J connectivity index is 2.32. The molecule has 3 heteroatoms. The van der Waals surface area contributed by atoms with Gasteiger partial charge in [0.2, 0.25) is 0 Å². The smallest absolute Gasteiger partial charge is 0.331 e. The van der Waals surface area contributed by atoms with E-state index in [4.69, 9.17) is 4.74 Å². The van der Waals surface area contributed by atoms with Gasteiger partial charge in [-0.1, -0.05) is 13.3 Å². The second-order valence-electron chi connectivity index (χ2n) is 3.83. The number of hydrogen-bond acceptors (Lipinski definition) is 3. The van der Waals surface area contributed by atoms with Crippen molar-refractivity contribution in [3.05, 3.63) is 12.2 Å². The van der Waals surface area contributed by atoms with E-state index in [9.17, 15) is 9.59 Å². The molecule has 78 valence electrons. The molecule has 0 aromatic rings. The summed E-state index contributed by atoms with van der Waals surface area (Å²) in [6.07, 6.45) is 7.19. The van der Waals surface area contributed by atoms with Crippen molar-refractivity contribution in [2.45, 2.75) is 38.7 Å². The van der Waals surface area contributed by atoms with Gasteiger partial charge >= 0.3 is 5.97 Å². The van der Waals surface area contributed by atoms with Crippen molar-refractivity contribution in [1.29, 1.82) is 0 Å². The van der Waals surface area contributed by atoms with Crippen LogP contribution in [0.25, 0.3) is 0 Å². The molecule has 1 unspecified atom stereocenters. The van der Waals surface area contributed by atoms with Crippen LogP contribution >= 0.6 is 0 Å². The quantitative estimate of drug-likeness (QED) is 0.393. The lowest BCUT2D eigenvalue weighted by Gasteiger charge is -2.25. The summed E-state index contributed by atoms with van der Waals surface area (Å²) in [6, 6.07) is 0. The number of carbonyl (C=O) groups excluding carboxylic acids is 2. The van der Waals surface area contributed by atoms with Gasteiger partial charge in [-0.25, -0.2) is 4.79 Å². The molecule has 1 aliphatic carbocycles. The normalized spacial score (nSPS) is 27.5. The predicted octanol–water partition coefficient (Wildman–Crippen LogP) is 1.86. The summed E-state index contributed by atoms with van der Waals surface area (Å²) in [5.41, 5.74) is 0. The van der Waals surface area contributed by atoms with Crippen molar-refractivity contribution in [2.24, 2.45) is 5.92 Å². The van der Waals surface area contributed by atoms with Crippen LogP contribution in [0.15, 0.2) is 12.2 Å². The number of ether oxygens (including phenoxy) is 1. The van der Waals surface area contributed by atoms with Gasteiger partial charge in [-0.3, -0.25) is 4.79 Å². The Bertz CT molecular complexity index is 233. The van der Waals surface area contributed by atoms with E-state index in [-0.39, 0.29) is 6.10 Å². The van der Waals surface area contributed by atoms with Crippen molar-refractivity contribution in [2.75, 3.05) is 0 Å². The zero-order valence-electron chi connectivity index (χ0n) is 8.44. The van der Waals surface area contributed by atoms with Gasteiger partial charge < -0.3 is 4.74 Å². The van der Waals surface area contributed by atoms with Crippen LogP contribution in [0.2, 0.25) is 0 Å². The predicted molar refractivity (Wildman–Crippen MR) is 52.7 cm³/mol. The Morgan fingerprint density at radius 2 is 2.21 bits per heavy atom. The first kappa shape index (κ1) is 11.0. The Morgan fingerprint density at radius 3 is 2.86 bits per heavy atom. The SMILES string of the molecule is C[C@H]1CCCC(OC(=O)/C=C/C=O)C1. The summed E-state index contributed by atoms with van der Waals surface area (Å²) in [4.78, 5) is 21.1. The van der Waals surface area contributed by atoms with Crippen molar-refractivity contribution < 1.29 is 14.3 Å². The molecule has 0 N–H and O–H groups in total. The number of allylic oxidation sites excluding steroid dienone is 1. The van der Waals surface area contributed by atoms with Crippen LogP contribution in [-0.4, -0.2) is 18.4 Å². The monoisotopic (exact) mass is 196 g/mol. The fourth-order valence-electron chi connectivity index (χ4n) is 1.81. The molecule has 3 nitrogen and oxygen atoms in total. The van der Waals surface area contributed by atoms with Crippen LogP contribution in [0.3, 0.4) is 0 Å². The van der Waals surface area contributed by atoms with Gasteiger partial charge in [0, 0.05) is 6.08 Å². The molecule has 14 heavy (non-hydrogen) atoms. The first-order valence-electron chi connectivity index (χ1n) is 5.05. The number of hydrogen-bond donors (Lipinski definition) is 0. The maximum atomic E-state index is 11.1. The fraction of sp³-hybridized carbons (Fsp3) is 0.636. The van der Waals surface area contributed by atoms with Gasteiger partial charge in [0.1, 0.15) is 12.4 Å². The summed E-state index contributed by atoms with van der Waals surface area (Å²) in [7, 11) is 0. The standard InChI is InChI=1S/C11H16O3/c1-9-4-2-5-10(8-9)14-11(13)6-3-7-12/h3,6-7,9-10H,2,4-5,8H2,1H3/b6-3+/t9-,10?/m0/s1. The van der Waals surface area contributed by atoms with E-state index in [1.807, 2.05) is 0 Å². The highest BCUT2D eigenvalue weighted by Gasteiger charge is 2.21. The third-order valence-electron chi connectivity index (χ3n) is 2.48. The Labute approximate surface area is 84.1 Å². The molecule has 0 bridgehead atoms. The lowest BCUT2D eigenvalue weighted by Crippen LogP contribution is -2.23. The molecule has 0 radical (unpaired) electrons. The van der Waals surface area contributed by atoms with E-state index >= 15 is 0 Å². The van der Waals surface area contributed by atoms with E-state index in [0.717, 1.165) is 25.3 Å². The molecule has 0 aromatic heterocycles. The maximum absolute atomic E-state index is 11.1. The second kappa shape index (κ2) is 5.58. The number of rotatable bonds is 3. The molecule has 0 heterocycles. The van der Waals surface area contributed by atoms with Gasteiger partial charge in [-0.2, -0.15) is 0 Å². The number of esters is 1. The summed E-state index contributed by atoms with van der Waals surface area (Å²) in [6.45, 7) is 2.17. The largest absolute Gasteiger partial charge is 0.459 e. The van der Waals surface area contributed by atoms with Crippen molar-refractivity contribution in [3.63, 3.8) is 0 Å². The maximum Gasteiger partial charge on any atom is 0.331 e. The van der Waals surface area contributed by atoms with Gasteiger partial charge in [0.15, 0.2) is 0 Å². The average molecular weight is 196 g/mol. The molecule has 0 aromatic carbocycles. The van der Waals surface area contributed by atoms with Gasteiger partial charge in [0.25, 0.3) is 0 Å². The summed E-state index contributed by atoms with van der Waals surface area (Å²) >= 11 is 0. The highest BCUT2D eigenvalue weighted by Crippen LogP contribution is 2.25. The van der Waals surface area contributed by atoms with Crippen LogP contribution in [0.1, 0.15) is 32.6 Å². The molecule has 0 spiro atoms. The summed E-state index contributed by atoms with van der Waals surface area (Å²) in [5.74, 6) is 0.229. The first-order chi connectivity index (χ1) is 6.72. The summed E-state index contributed by atoms with van der Waals surface area (Å²) < 4.78 is 5.18. The Kier molecular flexibility index (Phi) is 4.36. The van der Waals surface area contributed by atoms with Gasteiger partial charge in [-0.05, 0) is 31.3 Å². The molecular weight excluding hydrogens is 180 g/mol. The molecule has 1 fully saturated rings. The zero-order chi connectivity index (χ0) is 10.4. The van der Waals surface area contributed by atoms with E-state index in [0.29, 0.717) is 12.2 Å². The van der Waals surface area contributed by atoms with Crippen LogP contribution in [0.5, 0.6) is 0 Å². The Hall–Kier alpha value is -1.12. The van der Waals surface area contributed by atoms with E-state index in [1.165, 1.54) is 12.5 Å². The molecule has 0 saturated heterocycles. The highest BCUT2D eigenvalue weighted by atomic mass is 16.5. The van der Waals surface area contributed by atoms with Crippen molar-refractivity contribution in [1.82, 2.24) is 0 Å². The van der Waals surface area contributed by atoms with E-state index in [1.54, 1.807) is 0 Å². The third-order valence-corrected chi connectivity index (χ3v) is 2.48. The lowest BCUT2D eigenvalue weighted by molar-refractivity contribution is -0.145. The van der Waals surface area contributed by atoms with E-state index < -0.39 is 5.97 Å². The molecule has 1 aliphatic rings. The molecule has 1 saturated carbocycles. The van der Waals surface area contributed by atoms with Crippen LogP contribution in [0, 0.1) is 5.92 Å². The topological polar surface area (TPSA) is 43.4 Å². The number of carbonyl (C=O) groups is 2. The highest BCUT2D eigenvalue weighted by molar-refractivity contribution is 5.86. The van der Waals surface area contributed by atoms with Crippen LogP contribution in [-0.2, 0) is 14.3 Å². The molecule has 2 atom stereocenters. The van der Waals surface area contributed by atoms with E-state index in [2.05, 4.69) is 6.92 Å².